The molecule has 1 aromatic carbocycles. The number of aromatic nitrogens is 2. The lowest BCUT2D eigenvalue weighted by Gasteiger charge is -2.22. The highest BCUT2D eigenvalue weighted by molar-refractivity contribution is 7.91. The van der Waals surface area contributed by atoms with Crippen LogP contribution < -0.4 is 10.6 Å². The van der Waals surface area contributed by atoms with E-state index < -0.39 is 15.7 Å². The third kappa shape index (κ3) is 5.26. The first-order valence-corrected chi connectivity index (χ1v) is 10.7. The van der Waals surface area contributed by atoms with Crippen LogP contribution in [0.4, 0.5) is 5.82 Å². The fourth-order valence-electron chi connectivity index (χ4n) is 2.90. The number of carbonyl (C=O) groups is 1. The summed E-state index contributed by atoms with van der Waals surface area (Å²) in [5.41, 5.74) is 0.766. The first-order chi connectivity index (χ1) is 12.6. The first-order valence-electron chi connectivity index (χ1n) is 8.85. The average molecular weight is 388 g/mol. The van der Waals surface area contributed by atoms with Crippen molar-refractivity contribution in [1.82, 2.24) is 15.3 Å². The molecule has 0 aliphatic carbocycles. The van der Waals surface area contributed by atoms with Crippen molar-refractivity contribution in [3.05, 3.63) is 42.1 Å². The summed E-state index contributed by atoms with van der Waals surface area (Å²) in [5, 5.41) is 6.05. The van der Waals surface area contributed by atoms with Gasteiger partial charge in [0.25, 0.3) is 5.91 Å². The Morgan fingerprint density at radius 2 is 1.85 bits per heavy atom. The number of anilines is 1. The van der Waals surface area contributed by atoms with Gasteiger partial charge in [0.05, 0.1) is 11.5 Å². The van der Waals surface area contributed by atoms with E-state index in [2.05, 4.69) is 20.6 Å². The van der Waals surface area contributed by atoms with E-state index in [1.165, 1.54) is 0 Å². The molecule has 144 valence electrons. The third-order valence-electron chi connectivity index (χ3n) is 4.06. The molecule has 2 aromatic rings. The molecule has 1 amide bonds. The molecule has 1 saturated heterocycles. The molecular weight excluding hydrogens is 364 g/mol. The molecule has 0 saturated carbocycles. The minimum absolute atomic E-state index is 0.0253. The number of hydrogen-bond acceptors (Lipinski definition) is 6. The zero-order valence-electron chi connectivity index (χ0n) is 15.7. The number of nitrogens with one attached hydrogen (secondary N) is 2. The van der Waals surface area contributed by atoms with Gasteiger partial charge in [0, 0.05) is 23.2 Å². The van der Waals surface area contributed by atoms with E-state index in [0.29, 0.717) is 18.1 Å². The number of sulfone groups is 1. The second-order valence-corrected chi connectivity index (χ2v) is 10.0. The van der Waals surface area contributed by atoms with Crippen LogP contribution in [0, 0.1) is 0 Å². The van der Waals surface area contributed by atoms with Gasteiger partial charge in [-0.2, -0.15) is 0 Å². The maximum Gasteiger partial charge on any atom is 0.270 e. The Balaban J connectivity index is 1.91. The quantitative estimate of drug-likeness (QED) is 0.833. The Morgan fingerprint density at radius 1 is 1.15 bits per heavy atom. The van der Waals surface area contributed by atoms with E-state index in [9.17, 15) is 13.2 Å². The maximum absolute atomic E-state index is 12.7. The largest absolute Gasteiger partial charge is 0.365 e. The van der Waals surface area contributed by atoms with Crippen LogP contribution in [0.2, 0.25) is 0 Å². The number of nitrogens with zero attached hydrogens (tertiary/aromatic N) is 2. The molecule has 2 heterocycles. The highest BCUT2D eigenvalue weighted by Crippen LogP contribution is 2.20. The normalized spacial score (nSPS) is 18.9. The maximum atomic E-state index is 12.7. The van der Waals surface area contributed by atoms with Crippen LogP contribution in [0.3, 0.4) is 0 Å². The molecule has 1 aromatic heterocycles. The fraction of sp³-hybridized carbons (Fsp3) is 0.421. The van der Waals surface area contributed by atoms with Crippen molar-refractivity contribution in [3.8, 4) is 11.4 Å². The summed E-state index contributed by atoms with van der Waals surface area (Å²) in [6, 6.07) is 10.6. The summed E-state index contributed by atoms with van der Waals surface area (Å²) in [6.45, 7) is 6.00. The Bertz CT molecular complexity index is 937. The van der Waals surface area contributed by atoms with Crippen molar-refractivity contribution in [3.63, 3.8) is 0 Å². The van der Waals surface area contributed by atoms with Crippen molar-refractivity contribution in [2.24, 2.45) is 0 Å². The highest BCUT2D eigenvalue weighted by atomic mass is 32.2. The molecule has 1 fully saturated rings. The molecule has 3 rings (SSSR count). The molecule has 1 aliphatic heterocycles. The topological polar surface area (TPSA) is 101 Å². The third-order valence-corrected chi connectivity index (χ3v) is 5.83. The summed E-state index contributed by atoms with van der Waals surface area (Å²) >= 11 is 0. The molecule has 7 nitrogen and oxygen atoms in total. The van der Waals surface area contributed by atoms with Gasteiger partial charge in [-0.15, -0.1) is 0 Å². The van der Waals surface area contributed by atoms with E-state index >= 15 is 0 Å². The van der Waals surface area contributed by atoms with Crippen LogP contribution in [-0.2, 0) is 9.84 Å². The van der Waals surface area contributed by atoms with E-state index in [1.807, 2.05) is 51.1 Å². The van der Waals surface area contributed by atoms with Crippen LogP contribution in [0.1, 0.15) is 37.7 Å². The van der Waals surface area contributed by atoms with Crippen molar-refractivity contribution >= 4 is 21.6 Å². The van der Waals surface area contributed by atoms with Crippen molar-refractivity contribution in [1.29, 1.82) is 0 Å². The van der Waals surface area contributed by atoms with E-state index in [4.69, 9.17) is 0 Å². The summed E-state index contributed by atoms with van der Waals surface area (Å²) in [4.78, 5) is 21.6. The summed E-state index contributed by atoms with van der Waals surface area (Å²) in [5.74, 6) is 0.666. The summed E-state index contributed by atoms with van der Waals surface area (Å²) < 4.78 is 23.2. The smallest absolute Gasteiger partial charge is 0.270 e. The first kappa shape index (κ1) is 19.3. The Hall–Kier alpha value is -2.48. The molecule has 27 heavy (non-hydrogen) atoms. The van der Waals surface area contributed by atoms with Gasteiger partial charge in [-0.05, 0) is 27.2 Å². The van der Waals surface area contributed by atoms with Gasteiger partial charge >= 0.3 is 0 Å². The zero-order valence-corrected chi connectivity index (χ0v) is 16.5. The average Bonchev–Trinajstić information content (AvgIpc) is 2.92. The molecule has 0 spiro atoms. The van der Waals surface area contributed by atoms with Crippen LogP contribution in [0.15, 0.2) is 36.4 Å². The Kier molecular flexibility index (Phi) is 5.19. The number of carbonyl (C=O) groups excluding carboxylic acids is 1. The number of rotatable bonds is 4. The lowest BCUT2D eigenvalue weighted by atomic mass is 10.1. The van der Waals surface area contributed by atoms with Gasteiger partial charge in [0.1, 0.15) is 11.5 Å². The second kappa shape index (κ2) is 7.26. The number of benzene rings is 1. The lowest BCUT2D eigenvalue weighted by molar-refractivity contribution is 0.0936. The molecular formula is C19H24N4O3S. The Labute approximate surface area is 159 Å². The van der Waals surface area contributed by atoms with Crippen LogP contribution in [0.5, 0.6) is 0 Å². The predicted molar refractivity (Wildman–Crippen MR) is 105 cm³/mol. The van der Waals surface area contributed by atoms with Crippen LogP contribution >= 0.6 is 0 Å². The second-order valence-electron chi connectivity index (χ2n) is 7.78. The monoisotopic (exact) mass is 388 g/mol. The summed E-state index contributed by atoms with van der Waals surface area (Å²) in [6.07, 6.45) is 0.428. The number of hydrogen-bond donors (Lipinski definition) is 2. The van der Waals surface area contributed by atoms with Gasteiger partial charge in [0.15, 0.2) is 15.7 Å². The van der Waals surface area contributed by atoms with Gasteiger partial charge in [-0.3, -0.25) is 4.79 Å². The van der Waals surface area contributed by atoms with Crippen molar-refractivity contribution < 1.29 is 13.2 Å². The highest BCUT2D eigenvalue weighted by Gasteiger charge is 2.29. The molecule has 1 aliphatic rings. The standard InChI is InChI=1S/C19H24N4O3S/c1-19(2,3)23-16-11-15(18(24)20-14-9-10-27(25,26)12-14)21-17(22-16)13-7-5-4-6-8-13/h4-8,11,14H,9-10,12H2,1-3H3,(H,20,24)(H,21,22,23). The minimum Gasteiger partial charge on any atom is -0.365 e. The molecule has 2 N–H and O–H groups in total. The molecule has 0 radical (unpaired) electrons. The summed E-state index contributed by atoms with van der Waals surface area (Å²) in [7, 11) is -3.07. The van der Waals surface area contributed by atoms with E-state index in [0.717, 1.165) is 5.56 Å². The van der Waals surface area contributed by atoms with E-state index in [-0.39, 0.29) is 28.8 Å². The van der Waals surface area contributed by atoms with Crippen molar-refractivity contribution in [2.45, 2.75) is 38.8 Å². The number of amides is 1. The molecule has 1 unspecified atom stereocenters. The van der Waals surface area contributed by atoms with Crippen LogP contribution in [-0.4, -0.2) is 47.4 Å². The molecule has 0 bridgehead atoms. The fourth-order valence-corrected chi connectivity index (χ4v) is 4.57. The van der Waals surface area contributed by atoms with Gasteiger partial charge in [-0.1, -0.05) is 30.3 Å². The zero-order chi connectivity index (χ0) is 19.7. The van der Waals surface area contributed by atoms with Crippen molar-refractivity contribution in [2.75, 3.05) is 16.8 Å². The molecule has 1 atom stereocenters. The van der Waals surface area contributed by atoms with E-state index in [1.54, 1.807) is 6.07 Å². The lowest BCUT2D eigenvalue weighted by Crippen LogP contribution is -2.36. The SMILES string of the molecule is CC(C)(C)Nc1cc(C(=O)NC2CCS(=O)(=O)C2)nc(-c2ccccc2)n1. The predicted octanol–water partition coefficient (Wildman–Crippen LogP) is 2.27. The Morgan fingerprint density at radius 3 is 2.44 bits per heavy atom. The minimum atomic E-state index is -3.07. The van der Waals surface area contributed by atoms with Gasteiger partial charge < -0.3 is 10.6 Å². The van der Waals surface area contributed by atoms with Crippen LogP contribution in [0.25, 0.3) is 11.4 Å². The van der Waals surface area contributed by atoms with Gasteiger partial charge in [-0.25, -0.2) is 18.4 Å². The molecule has 8 heteroatoms. The van der Waals surface area contributed by atoms with Gasteiger partial charge in [0.2, 0.25) is 0 Å².